The van der Waals surface area contributed by atoms with Crippen LogP contribution >= 0.6 is 0 Å². The number of ether oxygens (including phenoxy) is 1. The molecule has 132 valence electrons. The molecule has 1 aliphatic heterocycles. The molecule has 0 aromatic carbocycles. The van der Waals surface area contributed by atoms with Crippen LogP contribution in [0.4, 0.5) is 0 Å². The summed E-state index contributed by atoms with van der Waals surface area (Å²) in [6.45, 7) is 4.64. The lowest BCUT2D eigenvalue weighted by Crippen LogP contribution is -2.35. The van der Waals surface area contributed by atoms with Gasteiger partial charge in [-0.2, -0.15) is 0 Å². The summed E-state index contributed by atoms with van der Waals surface area (Å²) >= 11 is 0. The number of aromatic amines is 1. The van der Waals surface area contributed by atoms with Gasteiger partial charge in [-0.05, 0) is 25.3 Å². The van der Waals surface area contributed by atoms with Gasteiger partial charge in [-0.15, -0.1) is 0 Å². The molecular weight excluding hydrogens is 308 g/mol. The maximum atomic E-state index is 12.7. The molecule has 0 aliphatic carbocycles. The Morgan fingerprint density at radius 1 is 1.08 bits per heavy atom. The van der Waals surface area contributed by atoms with Gasteiger partial charge >= 0.3 is 5.97 Å². The minimum absolute atomic E-state index is 0.0154. The van der Waals surface area contributed by atoms with Crippen LogP contribution in [0.2, 0.25) is 0 Å². The van der Waals surface area contributed by atoms with E-state index in [0.717, 1.165) is 38.8 Å². The van der Waals surface area contributed by atoms with Crippen LogP contribution in [0.3, 0.4) is 0 Å². The number of nitrogens with one attached hydrogen (secondary N) is 1. The molecule has 1 fully saturated rings. The highest BCUT2D eigenvalue weighted by molar-refractivity contribution is 6.01. The fourth-order valence-electron chi connectivity index (χ4n) is 3.28. The van der Waals surface area contributed by atoms with Crippen LogP contribution < -0.4 is 0 Å². The number of hydrogen-bond donors (Lipinski definition) is 1. The molecule has 0 spiro atoms. The summed E-state index contributed by atoms with van der Waals surface area (Å²) in [4.78, 5) is 41.3. The van der Waals surface area contributed by atoms with Crippen molar-refractivity contribution in [1.82, 2.24) is 9.88 Å². The van der Waals surface area contributed by atoms with E-state index in [1.807, 2.05) is 4.90 Å². The first kappa shape index (κ1) is 18.2. The first-order valence-electron chi connectivity index (χ1n) is 8.54. The molecule has 1 saturated heterocycles. The molecule has 24 heavy (non-hydrogen) atoms. The van der Waals surface area contributed by atoms with Crippen molar-refractivity contribution in [2.75, 3.05) is 20.2 Å². The van der Waals surface area contributed by atoms with E-state index in [1.54, 1.807) is 6.92 Å². The monoisotopic (exact) mass is 334 g/mol. The molecule has 0 radical (unpaired) electrons. The molecule has 6 nitrogen and oxygen atoms in total. The van der Waals surface area contributed by atoms with Gasteiger partial charge in [-0.25, -0.2) is 4.79 Å². The Balaban J connectivity index is 2.23. The number of aromatic nitrogens is 1. The van der Waals surface area contributed by atoms with Gasteiger partial charge in [0, 0.05) is 25.7 Å². The zero-order valence-electron chi connectivity index (χ0n) is 14.7. The maximum absolute atomic E-state index is 12.7. The van der Waals surface area contributed by atoms with Crippen LogP contribution in [0.25, 0.3) is 0 Å². The molecule has 6 heteroatoms. The quantitative estimate of drug-likeness (QED) is 0.678. The Labute approximate surface area is 142 Å². The summed E-state index contributed by atoms with van der Waals surface area (Å²) in [5.41, 5.74) is 1.69. The van der Waals surface area contributed by atoms with E-state index in [0.29, 0.717) is 22.5 Å². The zero-order chi connectivity index (χ0) is 17.7. The largest absolute Gasteiger partial charge is 0.465 e. The number of H-pyrrole nitrogens is 1. The molecule has 2 rings (SSSR count). The van der Waals surface area contributed by atoms with Crippen molar-refractivity contribution in [1.29, 1.82) is 0 Å². The Morgan fingerprint density at radius 3 is 2.21 bits per heavy atom. The Kier molecular flexibility index (Phi) is 6.17. The standard InChI is InChI=1S/C18H26N2O4/c1-12-16(18(23)24-3)14(19-17(12)13(2)21)11-15(22)20-9-7-5-4-6-8-10-20/h19H,4-11H2,1-3H3. The molecular formula is C18H26N2O4. The number of amides is 1. The fraction of sp³-hybridized carbons (Fsp3) is 0.611. The molecule has 1 aliphatic rings. The number of hydrogen-bond acceptors (Lipinski definition) is 4. The second kappa shape index (κ2) is 8.13. The number of esters is 1. The lowest BCUT2D eigenvalue weighted by atomic mass is 10.1. The number of ketones is 1. The minimum atomic E-state index is -0.522. The number of Topliss-reactive ketones (excluding diaryl/α,β-unsaturated/α-hetero) is 1. The summed E-state index contributed by atoms with van der Waals surface area (Å²) in [5.74, 6) is -0.701. The Morgan fingerprint density at radius 2 is 1.67 bits per heavy atom. The highest BCUT2D eigenvalue weighted by Gasteiger charge is 2.25. The van der Waals surface area contributed by atoms with E-state index in [1.165, 1.54) is 20.5 Å². The third kappa shape index (κ3) is 4.04. The highest BCUT2D eigenvalue weighted by atomic mass is 16.5. The van der Waals surface area contributed by atoms with Gasteiger partial charge < -0.3 is 14.6 Å². The summed E-state index contributed by atoms with van der Waals surface area (Å²) < 4.78 is 4.82. The molecule has 1 aromatic rings. The number of carbonyl (C=O) groups excluding carboxylic acids is 3. The van der Waals surface area contributed by atoms with Crippen LogP contribution in [-0.4, -0.2) is 47.7 Å². The summed E-state index contributed by atoms with van der Waals surface area (Å²) in [6.07, 6.45) is 5.63. The van der Waals surface area contributed by atoms with Crippen LogP contribution in [-0.2, 0) is 16.0 Å². The molecule has 0 saturated carbocycles. The van der Waals surface area contributed by atoms with Gasteiger partial charge in [0.25, 0.3) is 0 Å². The average molecular weight is 334 g/mol. The van der Waals surface area contributed by atoms with Gasteiger partial charge in [0.1, 0.15) is 0 Å². The van der Waals surface area contributed by atoms with Crippen LogP contribution in [0, 0.1) is 6.92 Å². The van der Waals surface area contributed by atoms with E-state index >= 15 is 0 Å². The number of carbonyl (C=O) groups is 3. The molecule has 0 unspecified atom stereocenters. The van der Waals surface area contributed by atoms with Crippen molar-refractivity contribution in [2.24, 2.45) is 0 Å². The summed E-state index contributed by atoms with van der Waals surface area (Å²) in [5, 5.41) is 0. The van der Waals surface area contributed by atoms with Crippen molar-refractivity contribution >= 4 is 17.7 Å². The van der Waals surface area contributed by atoms with E-state index in [4.69, 9.17) is 4.74 Å². The van der Waals surface area contributed by atoms with E-state index in [9.17, 15) is 14.4 Å². The molecule has 2 heterocycles. The third-order valence-electron chi connectivity index (χ3n) is 4.61. The lowest BCUT2D eigenvalue weighted by Gasteiger charge is -2.24. The Bertz CT molecular complexity index is 625. The topological polar surface area (TPSA) is 79.5 Å². The van der Waals surface area contributed by atoms with Crippen molar-refractivity contribution < 1.29 is 19.1 Å². The van der Waals surface area contributed by atoms with Crippen molar-refractivity contribution in [3.8, 4) is 0 Å². The number of likely N-dealkylation sites (tertiary alicyclic amines) is 1. The van der Waals surface area contributed by atoms with Gasteiger partial charge in [-0.1, -0.05) is 19.3 Å². The van der Waals surface area contributed by atoms with Crippen molar-refractivity contribution in [3.05, 3.63) is 22.5 Å². The normalized spacial score (nSPS) is 15.5. The Hall–Kier alpha value is -2.11. The van der Waals surface area contributed by atoms with Crippen LogP contribution in [0.1, 0.15) is 71.1 Å². The first-order chi connectivity index (χ1) is 11.5. The average Bonchev–Trinajstić information content (AvgIpc) is 2.82. The van der Waals surface area contributed by atoms with Crippen molar-refractivity contribution in [3.63, 3.8) is 0 Å². The predicted molar refractivity (Wildman–Crippen MR) is 90.2 cm³/mol. The van der Waals surface area contributed by atoms with Gasteiger partial charge in [0.05, 0.1) is 24.8 Å². The molecule has 0 bridgehead atoms. The van der Waals surface area contributed by atoms with Crippen LogP contribution in [0.15, 0.2) is 0 Å². The number of nitrogens with zero attached hydrogens (tertiary/aromatic N) is 1. The molecule has 0 atom stereocenters. The van der Waals surface area contributed by atoms with E-state index < -0.39 is 5.97 Å². The maximum Gasteiger partial charge on any atom is 0.339 e. The number of rotatable bonds is 4. The van der Waals surface area contributed by atoms with Gasteiger partial charge in [0.2, 0.25) is 5.91 Å². The zero-order valence-corrected chi connectivity index (χ0v) is 14.7. The van der Waals surface area contributed by atoms with Crippen LogP contribution in [0.5, 0.6) is 0 Å². The second-order valence-electron chi connectivity index (χ2n) is 6.35. The minimum Gasteiger partial charge on any atom is -0.465 e. The smallest absolute Gasteiger partial charge is 0.339 e. The first-order valence-corrected chi connectivity index (χ1v) is 8.54. The highest BCUT2D eigenvalue weighted by Crippen LogP contribution is 2.21. The molecule has 1 aromatic heterocycles. The predicted octanol–water partition coefficient (Wildman–Crippen LogP) is 2.65. The summed E-state index contributed by atoms with van der Waals surface area (Å²) in [7, 11) is 1.30. The summed E-state index contributed by atoms with van der Waals surface area (Å²) in [6, 6.07) is 0. The number of methoxy groups -OCH3 is 1. The van der Waals surface area contributed by atoms with E-state index in [-0.39, 0.29) is 18.1 Å². The molecule has 1 N–H and O–H groups in total. The second-order valence-corrected chi connectivity index (χ2v) is 6.35. The lowest BCUT2D eigenvalue weighted by molar-refractivity contribution is -0.130. The SMILES string of the molecule is COC(=O)c1c(CC(=O)N2CCCCCCC2)[nH]c(C(C)=O)c1C. The molecule has 1 amide bonds. The van der Waals surface area contributed by atoms with Gasteiger partial charge in [-0.3, -0.25) is 9.59 Å². The van der Waals surface area contributed by atoms with Gasteiger partial charge in [0.15, 0.2) is 5.78 Å². The van der Waals surface area contributed by atoms with E-state index in [2.05, 4.69) is 4.98 Å². The third-order valence-corrected chi connectivity index (χ3v) is 4.61. The fourth-order valence-corrected chi connectivity index (χ4v) is 3.28. The van der Waals surface area contributed by atoms with Crippen molar-refractivity contribution in [2.45, 2.75) is 52.4 Å².